The van der Waals surface area contributed by atoms with Crippen LogP contribution >= 0.6 is 0 Å². The summed E-state index contributed by atoms with van der Waals surface area (Å²) in [6.45, 7) is 0.734. The van der Waals surface area contributed by atoms with Gasteiger partial charge < -0.3 is 16.0 Å². The number of carbonyl (C=O) groups excluding carboxylic acids is 1. The second-order valence-corrected chi connectivity index (χ2v) is 8.52. The number of anilines is 1. The van der Waals surface area contributed by atoms with Crippen LogP contribution < -0.4 is 11.1 Å². The second kappa shape index (κ2) is 9.47. The molecule has 3 N–H and O–H groups in total. The summed E-state index contributed by atoms with van der Waals surface area (Å²) in [6, 6.07) is 6.05. The Labute approximate surface area is 200 Å². The molecular weight excluding hydrogens is 497 g/mol. The van der Waals surface area contributed by atoms with Crippen LogP contribution in [0.1, 0.15) is 35.7 Å². The molecule has 1 atom stereocenters. The smallest absolute Gasteiger partial charge is 0.369 e. The molecule has 1 aliphatic rings. The summed E-state index contributed by atoms with van der Waals surface area (Å²) in [5, 5.41) is 6.21. The van der Waals surface area contributed by atoms with Gasteiger partial charge in [-0.05, 0) is 36.5 Å². The normalized spacial score (nSPS) is 16.4. The van der Waals surface area contributed by atoms with E-state index in [9.17, 15) is 35.5 Å². The van der Waals surface area contributed by atoms with Crippen molar-refractivity contribution in [2.75, 3.05) is 25.0 Å². The number of aromatic nitrogens is 3. The molecule has 1 aliphatic heterocycles. The Morgan fingerprint density at radius 1 is 1.03 bits per heavy atom. The number of rotatable bonds is 5. The van der Waals surface area contributed by atoms with Crippen molar-refractivity contribution in [2.24, 2.45) is 11.7 Å². The maximum Gasteiger partial charge on any atom is 0.435 e. The average molecular weight is 518 g/mol. The lowest BCUT2D eigenvalue weighted by molar-refractivity contribution is -0.142. The van der Waals surface area contributed by atoms with E-state index in [1.54, 1.807) is 12.1 Å². The van der Waals surface area contributed by atoms with Crippen LogP contribution in [0.3, 0.4) is 0 Å². The van der Waals surface area contributed by atoms with Crippen molar-refractivity contribution in [3.05, 3.63) is 59.2 Å². The number of nitrogens with one attached hydrogen (secondary N) is 1. The Morgan fingerprint density at radius 3 is 2.19 bits per heavy atom. The summed E-state index contributed by atoms with van der Waals surface area (Å²) < 4.78 is 94.0. The van der Waals surface area contributed by atoms with E-state index in [2.05, 4.69) is 15.4 Å². The zero-order valence-electron chi connectivity index (χ0n) is 18.6. The first-order valence-electron chi connectivity index (χ1n) is 10.9. The number of amides is 2. The summed E-state index contributed by atoms with van der Waals surface area (Å²) in [4.78, 5) is 16.2. The second-order valence-electron chi connectivity index (χ2n) is 8.52. The van der Waals surface area contributed by atoms with E-state index in [-0.39, 0.29) is 24.2 Å². The van der Waals surface area contributed by atoms with Gasteiger partial charge in [-0.15, -0.1) is 0 Å². The van der Waals surface area contributed by atoms with Crippen LogP contribution in [-0.2, 0) is 12.4 Å². The predicted octanol–water partition coefficient (Wildman–Crippen LogP) is 4.89. The Bertz CT molecular complexity index is 1230. The van der Waals surface area contributed by atoms with Gasteiger partial charge in [0.15, 0.2) is 17.0 Å². The van der Waals surface area contributed by atoms with E-state index in [0.717, 1.165) is 0 Å². The third-order valence-corrected chi connectivity index (χ3v) is 6.23. The van der Waals surface area contributed by atoms with Crippen LogP contribution in [0.25, 0.3) is 5.65 Å². The van der Waals surface area contributed by atoms with Gasteiger partial charge in [-0.3, -0.25) is 0 Å². The van der Waals surface area contributed by atoms with Gasteiger partial charge in [0.2, 0.25) is 0 Å². The zero-order chi connectivity index (χ0) is 26.3. The van der Waals surface area contributed by atoms with Gasteiger partial charge in [0.1, 0.15) is 11.6 Å². The average Bonchev–Trinajstić information content (AvgIpc) is 3.25. The summed E-state index contributed by atoms with van der Waals surface area (Å²) in [6.07, 6.45) is -8.74. The van der Waals surface area contributed by atoms with Gasteiger partial charge in [0, 0.05) is 37.7 Å². The molecule has 0 unspecified atom stereocenters. The van der Waals surface area contributed by atoms with Gasteiger partial charge in [-0.25, -0.2) is 14.2 Å². The highest BCUT2D eigenvalue weighted by molar-refractivity contribution is 5.72. The Kier molecular flexibility index (Phi) is 6.71. The number of alkyl halides is 6. The van der Waals surface area contributed by atoms with Crippen LogP contribution in [0.5, 0.6) is 0 Å². The minimum absolute atomic E-state index is 0.00446. The molecule has 0 radical (unpaired) electrons. The maximum absolute atomic E-state index is 13.5. The van der Waals surface area contributed by atoms with Crippen molar-refractivity contribution >= 4 is 17.5 Å². The molecule has 2 amide bonds. The molecule has 14 heteroatoms. The van der Waals surface area contributed by atoms with Gasteiger partial charge in [0.05, 0.1) is 0 Å². The minimum Gasteiger partial charge on any atom is -0.369 e. The highest BCUT2D eigenvalue weighted by atomic mass is 19.4. The maximum atomic E-state index is 13.5. The lowest BCUT2D eigenvalue weighted by Crippen LogP contribution is -2.43. The van der Waals surface area contributed by atoms with E-state index in [0.29, 0.717) is 48.1 Å². The third kappa shape index (κ3) is 5.46. The van der Waals surface area contributed by atoms with Gasteiger partial charge >= 0.3 is 18.4 Å². The van der Waals surface area contributed by atoms with Crippen molar-refractivity contribution in [1.29, 1.82) is 0 Å². The fourth-order valence-corrected chi connectivity index (χ4v) is 4.39. The number of primary amides is 1. The van der Waals surface area contributed by atoms with Crippen LogP contribution in [0.15, 0.2) is 36.4 Å². The topological polar surface area (TPSA) is 88.5 Å². The lowest BCUT2D eigenvalue weighted by Gasteiger charge is -2.36. The number of nitrogens with two attached hydrogens (primary N) is 1. The minimum atomic E-state index is -4.90. The number of fused-ring (bicyclic) bond motifs is 1. The largest absolute Gasteiger partial charge is 0.435 e. The summed E-state index contributed by atoms with van der Waals surface area (Å²) in [5.41, 5.74) is 2.63. The van der Waals surface area contributed by atoms with E-state index in [1.807, 2.05) is 0 Å². The van der Waals surface area contributed by atoms with E-state index >= 15 is 0 Å². The van der Waals surface area contributed by atoms with Crippen LogP contribution in [0.2, 0.25) is 0 Å². The molecule has 7 nitrogen and oxygen atoms in total. The number of urea groups is 1. The third-order valence-electron chi connectivity index (χ3n) is 6.23. The van der Waals surface area contributed by atoms with E-state index in [4.69, 9.17) is 5.73 Å². The molecule has 4 rings (SSSR count). The van der Waals surface area contributed by atoms with Crippen molar-refractivity contribution in [3.8, 4) is 0 Å². The molecule has 36 heavy (non-hydrogen) atoms. The van der Waals surface area contributed by atoms with Crippen molar-refractivity contribution in [2.45, 2.75) is 31.1 Å². The molecule has 3 heterocycles. The zero-order valence-corrected chi connectivity index (χ0v) is 18.6. The SMILES string of the molecule is NC(=O)N1CCC([C@@H](CNc2cc(C(F)(F)F)nc3cc(C(F)(F)F)nn23)c2ccc(F)cc2)CC1. The molecule has 0 aliphatic carbocycles. The molecule has 194 valence electrons. The lowest BCUT2D eigenvalue weighted by atomic mass is 9.80. The molecule has 0 bridgehead atoms. The molecule has 2 aromatic heterocycles. The molecule has 1 aromatic carbocycles. The van der Waals surface area contributed by atoms with Gasteiger partial charge in [-0.1, -0.05) is 12.1 Å². The van der Waals surface area contributed by atoms with Crippen LogP contribution in [-0.4, -0.2) is 45.2 Å². The van der Waals surface area contributed by atoms with Crippen LogP contribution in [0.4, 0.5) is 41.3 Å². The highest BCUT2D eigenvalue weighted by Crippen LogP contribution is 2.36. The Hall–Kier alpha value is -3.58. The molecule has 1 saturated heterocycles. The number of hydrogen-bond donors (Lipinski definition) is 2. The number of likely N-dealkylation sites (tertiary alicyclic amines) is 1. The quantitative estimate of drug-likeness (QED) is 0.471. The van der Waals surface area contributed by atoms with Crippen molar-refractivity contribution in [1.82, 2.24) is 19.5 Å². The number of hydrogen-bond acceptors (Lipinski definition) is 4. The van der Waals surface area contributed by atoms with Crippen molar-refractivity contribution in [3.63, 3.8) is 0 Å². The van der Waals surface area contributed by atoms with Crippen molar-refractivity contribution < 1.29 is 35.5 Å². The number of piperidine rings is 1. The predicted molar refractivity (Wildman–Crippen MR) is 115 cm³/mol. The van der Waals surface area contributed by atoms with Crippen LogP contribution in [0, 0.1) is 11.7 Å². The monoisotopic (exact) mass is 518 g/mol. The molecule has 1 fully saturated rings. The first-order chi connectivity index (χ1) is 16.8. The molecular formula is C22H21F7N6O. The number of carbonyl (C=O) groups is 1. The summed E-state index contributed by atoms with van der Waals surface area (Å²) in [5.74, 6) is -1.24. The highest BCUT2D eigenvalue weighted by Gasteiger charge is 2.37. The van der Waals surface area contributed by atoms with Gasteiger partial charge in [0.25, 0.3) is 0 Å². The number of nitrogens with zero attached hydrogens (tertiary/aromatic N) is 4. The molecule has 0 spiro atoms. The van der Waals surface area contributed by atoms with Gasteiger partial charge in [-0.2, -0.15) is 36.0 Å². The fraction of sp³-hybridized carbons (Fsp3) is 0.409. The molecule has 0 saturated carbocycles. The first kappa shape index (κ1) is 25.5. The Morgan fingerprint density at radius 2 is 1.64 bits per heavy atom. The standard InChI is InChI=1S/C22H21F7N6O/c23-14-3-1-12(2-4-14)15(13-5-7-34(8-6-13)20(30)36)11-31-18-9-16(21(24,25)26)32-19-10-17(22(27,28)29)33-35(18)19/h1-4,9-10,13,15,31H,5-8,11H2,(H2,30,36)/t15-/m0/s1. The first-order valence-corrected chi connectivity index (χ1v) is 10.9. The summed E-state index contributed by atoms with van der Waals surface area (Å²) in [7, 11) is 0. The van der Waals surface area contributed by atoms with E-state index < -0.39 is 41.2 Å². The number of benzene rings is 1. The summed E-state index contributed by atoms with van der Waals surface area (Å²) >= 11 is 0. The molecule has 3 aromatic rings. The number of halogens is 7. The fourth-order valence-electron chi connectivity index (χ4n) is 4.39. The Balaban J connectivity index is 1.67. The van der Waals surface area contributed by atoms with E-state index in [1.165, 1.54) is 17.0 Å².